The summed E-state index contributed by atoms with van der Waals surface area (Å²) >= 11 is 1.80. The molecule has 0 aromatic rings. The van der Waals surface area contributed by atoms with Crippen LogP contribution in [0.25, 0.3) is 0 Å². The van der Waals surface area contributed by atoms with Crippen LogP contribution in [0.1, 0.15) is 40.0 Å². The summed E-state index contributed by atoms with van der Waals surface area (Å²) in [7, 11) is 0. The van der Waals surface area contributed by atoms with Crippen LogP contribution in [0, 0.1) is 0 Å². The van der Waals surface area contributed by atoms with Crippen molar-refractivity contribution in [3.8, 4) is 0 Å². The van der Waals surface area contributed by atoms with Gasteiger partial charge in [-0.2, -0.15) is 11.8 Å². The molecule has 0 bridgehead atoms. The minimum atomic E-state index is -0.657. The zero-order valence-corrected chi connectivity index (χ0v) is 11.8. The highest BCUT2D eigenvalue weighted by molar-refractivity contribution is 7.98. The molecule has 16 heavy (non-hydrogen) atoms. The van der Waals surface area contributed by atoms with Gasteiger partial charge >= 0.3 is 0 Å². The third kappa shape index (κ3) is 5.75. The average Bonchev–Trinajstić information content (AvgIpc) is 2.31. The van der Waals surface area contributed by atoms with Crippen molar-refractivity contribution in [2.75, 3.05) is 25.2 Å². The van der Waals surface area contributed by atoms with Gasteiger partial charge in [0.2, 0.25) is 0 Å². The molecule has 0 aromatic carbocycles. The van der Waals surface area contributed by atoms with Crippen molar-refractivity contribution in [3.05, 3.63) is 0 Å². The zero-order valence-electron chi connectivity index (χ0n) is 11.0. The lowest BCUT2D eigenvalue weighted by Crippen LogP contribution is -2.46. The number of nitrogens with one attached hydrogen (secondary N) is 1. The van der Waals surface area contributed by atoms with Crippen LogP contribution in [-0.2, 0) is 9.53 Å². The van der Waals surface area contributed by atoms with E-state index in [0.717, 1.165) is 25.1 Å². The molecule has 1 unspecified atom stereocenters. The number of carbonyl (C=O) groups is 1. The highest BCUT2D eigenvalue weighted by Crippen LogP contribution is 2.15. The topological polar surface area (TPSA) is 38.3 Å². The van der Waals surface area contributed by atoms with E-state index >= 15 is 0 Å². The monoisotopic (exact) mass is 247 g/mol. The molecule has 0 aliphatic carbocycles. The Balaban J connectivity index is 3.98. The fourth-order valence-electron chi connectivity index (χ4n) is 1.26. The van der Waals surface area contributed by atoms with Gasteiger partial charge in [-0.25, -0.2) is 0 Å². The molecule has 0 saturated carbocycles. The second-order valence-corrected chi connectivity index (χ2v) is 5.02. The fraction of sp³-hybridized carbons (Fsp3) is 0.917. The van der Waals surface area contributed by atoms with Crippen LogP contribution in [-0.4, -0.2) is 36.7 Å². The Hall–Kier alpha value is -0.220. The summed E-state index contributed by atoms with van der Waals surface area (Å²) in [6, 6.07) is 0. The molecule has 0 aromatic heterocycles. The first kappa shape index (κ1) is 15.8. The standard InChI is InChI=1S/C12H25NO2S/c1-5-9-15-12(3,6-2)11(14)13-8-7-10-16-4/h5-10H2,1-4H3,(H,13,14). The second-order valence-electron chi connectivity index (χ2n) is 4.04. The van der Waals surface area contributed by atoms with Crippen molar-refractivity contribution in [1.82, 2.24) is 5.32 Å². The largest absolute Gasteiger partial charge is 0.365 e. The van der Waals surface area contributed by atoms with Gasteiger partial charge < -0.3 is 10.1 Å². The third-order valence-corrected chi connectivity index (χ3v) is 3.29. The van der Waals surface area contributed by atoms with Crippen LogP contribution >= 0.6 is 11.8 Å². The first-order valence-electron chi connectivity index (χ1n) is 6.02. The van der Waals surface area contributed by atoms with Crippen LogP contribution in [0.4, 0.5) is 0 Å². The summed E-state index contributed by atoms with van der Waals surface area (Å²) in [5.41, 5.74) is -0.657. The first-order chi connectivity index (χ1) is 7.60. The lowest BCUT2D eigenvalue weighted by molar-refractivity contribution is -0.145. The van der Waals surface area contributed by atoms with Gasteiger partial charge in [-0.3, -0.25) is 4.79 Å². The second kappa shape index (κ2) is 8.88. The molecule has 0 spiro atoms. The number of thioether (sulfide) groups is 1. The van der Waals surface area contributed by atoms with E-state index in [1.165, 1.54) is 0 Å². The number of hydrogen-bond acceptors (Lipinski definition) is 3. The van der Waals surface area contributed by atoms with E-state index in [1.807, 2.05) is 20.8 Å². The Morgan fingerprint density at radius 3 is 2.62 bits per heavy atom. The average molecular weight is 247 g/mol. The summed E-state index contributed by atoms with van der Waals surface area (Å²) in [6.45, 7) is 7.28. The van der Waals surface area contributed by atoms with Crippen molar-refractivity contribution in [2.45, 2.75) is 45.6 Å². The maximum Gasteiger partial charge on any atom is 0.251 e. The Morgan fingerprint density at radius 1 is 1.44 bits per heavy atom. The zero-order chi connectivity index (χ0) is 12.4. The minimum Gasteiger partial charge on any atom is -0.365 e. The van der Waals surface area contributed by atoms with Gasteiger partial charge in [0.05, 0.1) is 0 Å². The van der Waals surface area contributed by atoms with Gasteiger partial charge in [-0.15, -0.1) is 0 Å². The number of hydrogen-bond donors (Lipinski definition) is 1. The summed E-state index contributed by atoms with van der Waals surface area (Å²) in [6.07, 6.45) is 4.74. The van der Waals surface area contributed by atoms with Gasteiger partial charge in [0, 0.05) is 13.2 Å². The molecule has 1 N–H and O–H groups in total. The van der Waals surface area contributed by atoms with E-state index < -0.39 is 5.60 Å². The molecule has 1 atom stereocenters. The van der Waals surface area contributed by atoms with Crippen molar-refractivity contribution in [1.29, 1.82) is 0 Å². The lowest BCUT2D eigenvalue weighted by atomic mass is 10.0. The van der Waals surface area contributed by atoms with E-state index in [9.17, 15) is 4.79 Å². The number of rotatable bonds is 9. The van der Waals surface area contributed by atoms with E-state index in [1.54, 1.807) is 11.8 Å². The fourth-order valence-corrected chi connectivity index (χ4v) is 1.69. The molecule has 0 aliphatic rings. The summed E-state index contributed by atoms with van der Waals surface area (Å²) in [5.74, 6) is 1.10. The Kier molecular flexibility index (Phi) is 8.76. The van der Waals surface area contributed by atoms with Crippen molar-refractivity contribution >= 4 is 17.7 Å². The maximum absolute atomic E-state index is 11.9. The molecular weight excluding hydrogens is 222 g/mol. The molecule has 0 rings (SSSR count). The van der Waals surface area contributed by atoms with Crippen LogP contribution < -0.4 is 5.32 Å². The van der Waals surface area contributed by atoms with Crippen molar-refractivity contribution in [3.63, 3.8) is 0 Å². The summed E-state index contributed by atoms with van der Waals surface area (Å²) in [5, 5.41) is 2.94. The van der Waals surface area contributed by atoms with Crippen molar-refractivity contribution in [2.24, 2.45) is 0 Å². The molecule has 3 nitrogen and oxygen atoms in total. The Labute approximate surface area is 104 Å². The van der Waals surface area contributed by atoms with E-state index in [2.05, 4.69) is 11.6 Å². The molecule has 0 fully saturated rings. The highest BCUT2D eigenvalue weighted by Gasteiger charge is 2.31. The molecule has 0 saturated heterocycles. The number of amides is 1. The van der Waals surface area contributed by atoms with Crippen LogP contribution in [0.5, 0.6) is 0 Å². The predicted molar refractivity (Wildman–Crippen MR) is 70.9 cm³/mol. The highest BCUT2D eigenvalue weighted by atomic mass is 32.2. The summed E-state index contributed by atoms with van der Waals surface area (Å²) in [4.78, 5) is 11.9. The molecule has 96 valence electrons. The van der Waals surface area contributed by atoms with Gasteiger partial charge in [0.1, 0.15) is 5.60 Å². The SMILES string of the molecule is CCCOC(C)(CC)C(=O)NCCCSC. The number of carbonyl (C=O) groups excluding carboxylic acids is 1. The van der Waals surface area contributed by atoms with Gasteiger partial charge in [-0.1, -0.05) is 13.8 Å². The molecule has 0 aliphatic heterocycles. The van der Waals surface area contributed by atoms with Crippen LogP contribution in [0.15, 0.2) is 0 Å². The van der Waals surface area contributed by atoms with Gasteiger partial charge in [0.25, 0.3) is 5.91 Å². The van der Waals surface area contributed by atoms with Gasteiger partial charge in [0.15, 0.2) is 0 Å². The molecular formula is C12H25NO2S. The van der Waals surface area contributed by atoms with Crippen LogP contribution in [0.2, 0.25) is 0 Å². The van der Waals surface area contributed by atoms with Gasteiger partial charge in [-0.05, 0) is 38.2 Å². The molecule has 4 heteroatoms. The lowest BCUT2D eigenvalue weighted by Gasteiger charge is -2.27. The van der Waals surface area contributed by atoms with Crippen molar-refractivity contribution < 1.29 is 9.53 Å². The van der Waals surface area contributed by atoms with E-state index in [4.69, 9.17) is 4.74 Å². The first-order valence-corrected chi connectivity index (χ1v) is 7.41. The molecule has 0 radical (unpaired) electrons. The maximum atomic E-state index is 11.9. The quantitative estimate of drug-likeness (QED) is 0.636. The minimum absolute atomic E-state index is 0.0181. The Bertz CT molecular complexity index is 199. The van der Waals surface area contributed by atoms with Crippen LogP contribution in [0.3, 0.4) is 0 Å². The molecule has 0 heterocycles. The Morgan fingerprint density at radius 2 is 2.12 bits per heavy atom. The smallest absolute Gasteiger partial charge is 0.251 e. The number of ether oxygens (including phenoxy) is 1. The van der Waals surface area contributed by atoms with E-state index in [-0.39, 0.29) is 5.91 Å². The summed E-state index contributed by atoms with van der Waals surface area (Å²) < 4.78 is 5.63. The normalized spacial score (nSPS) is 14.5. The van der Waals surface area contributed by atoms with E-state index in [0.29, 0.717) is 13.0 Å². The third-order valence-electron chi connectivity index (χ3n) is 2.59. The molecule has 1 amide bonds. The predicted octanol–water partition coefficient (Wildman–Crippen LogP) is 2.45.